The maximum Gasteiger partial charge on any atom is 0.115 e. The van der Waals surface area contributed by atoms with E-state index in [1.54, 1.807) is 12.1 Å². The van der Waals surface area contributed by atoms with Crippen LogP contribution in [0.2, 0.25) is 0 Å². The highest BCUT2D eigenvalue weighted by atomic mass is 16.3. The van der Waals surface area contributed by atoms with E-state index in [2.05, 4.69) is 19.6 Å². The fourth-order valence-electron chi connectivity index (χ4n) is 4.36. The maximum absolute atomic E-state index is 11.5. The van der Waals surface area contributed by atoms with Gasteiger partial charge in [-0.2, -0.15) is 0 Å². The average Bonchev–Trinajstić information content (AvgIpc) is 2.61. The van der Waals surface area contributed by atoms with Crippen LogP contribution in [0, 0.1) is 11.8 Å². The van der Waals surface area contributed by atoms with Crippen molar-refractivity contribution in [2.45, 2.75) is 51.6 Å². The Labute approximate surface area is 162 Å². The Morgan fingerprint density at radius 2 is 1.89 bits per heavy atom. The molecule has 0 fully saturated rings. The first-order valence-electron chi connectivity index (χ1n) is 9.75. The van der Waals surface area contributed by atoms with Gasteiger partial charge in [-0.15, -0.1) is 0 Å². The number of phenols is 1. The number of hydrogen-bond acceptors (Lipinski definition) is 3. The second kappa shape index (κ2) is 7.77. The Morgan fingerprint density at radius 3 is 2.52 bits per heavy atom. The minimum atomic E-state index is -1.23. The van der Waals surface area contributed by atoms with E-state index in [0.29, 0.717) is 12.0 Å². The molecule has 0 spiro atoms. The molecule has 2 aliphatic carbocycles. The van der Waals surface area contributed by atoms with Gasteiger partial charge in [0.2, 0.25) is 0 Å². The van der Waals surface area contributed by atoms with Crippen molar-refractivity contribution < 1.29 is 15.3 Å². The van der Waals surface area contributed by atoms with Crippen LogP contribution in [0.15, 0.2) is 71.6 Å². The van der Waals surface area contributed by atoms with Gasteiger partial charge in [0.15, 0.2) is 0 Å². The Balaban J connectivity index is 1.84. The van der Waals surface area contributed by atoms with E-state index in [1.165, 1.54) is 5.57 Å². The van der Waals surface area contributed by atoms with Crippen LogP contribution >= 0.6 is 0 Å². The predicted molar refractivity (Wildman–Crippen MR) is 110 cm³/mol. The third-order valence-corrected chi connectivity index (χ3v) is 5.89. The summed E-state index contributed by atoms with van der Waals surface area (Å²) in [4.78, 5) is 0. The molecule has 0 aromatic heterocycles. The highest BCUT2D eigenvalue weighted by molar-refractivity contribution is 5.41. The molecule has 2 unspecified atom stereocenters. The van der Waals surface area contributed by atoms with Crippen LogP contribution < -0.4 is 0 Å². The van der Waals surface area contributed by atoms with E-state index < -0.39 is 5.60 Å². The van der Waals surface area contributed by atoms with Crippen LogP contribution in [0.3, 0.4) is 0 Å². The summed E-state index contributed by atoms with van der Waals surface area (Å²) in [5.41, 5.74) is 2.77. The number of aliphatic hydroxyl groups is 2. The zero-order valence-corrected chi connectivity index (χ0v) is 16.3. The fourth-order valence-corrected chi connectivity index (χ4v) is 4.36. The summed E-state index contributed by atoms with van der Waals surface area (Å²) < 4.78 is 0. The van der Waals surface area contributed by atoms with Crippen LogP contribution in [0.25, 0.3) is 0 Å². The lowest BCUT2D eigenvalue weighted by Crippen LogP contribution is -2.44. The normalized spacial score (nSPS) is 28.2. The lowest BCUT2D eigenvalue weighted by molar-refractivity contribution is 0.0328. The number of phenolic OH excluding ortho intramolecular Hbond substituents is 1. The van der Waals surface area contributed by atoms with Crippen molar-refractivity contribution in [2.24, 2.45) is 11.8 Å². The van der Waals surface area contributed by atoms with Crippen LogP contribution in [-0.4, -0.2) is 20.9 Å². The predicted octanol–water partition coefficient (Wildman–Crippen LogP) is 5.38. The molecule has 2 aliphatic rings. The summed E-state index contributed by atoms with van der Waals surface area (Å²) >= 11 is 0. The smallest absolute Gasteiger partial charge is 0.115 e. The first-order valence-corrected chi connectivity index (χ1v) is 9.75. The van der Waals surface area contributed by atoms with Gasteiger partial charge < -0.3 is 15.3 Å². The third-order valence-electron chi connectivity index (χ3n) is 5.89. The molecule has 1 aromatic carbocycles. The SMILES string of the molecule is C=C(C)C1(O)C=C(CCc2ccc(O)cc2)C=C(O)[C@@H]1C1C=C(C)CCC1. The van der Waals surface area contributed by atoms with Crippen molar-refractivity contribution in [3.8, 4) is 5.75 Å². The Hall–Kier alpha value is -2.26. The Kier molecular flexibility index (Phi) is 5.61. The molecule has 0 saturated carbocycles. The van der Waals surface area contributed by atoms with Gasteiger partial charge >= 0.3 is 0 Å². The molecule has 144 valence electrons. The second-order valence-corrected chi connectivity index (χ2v) is 8.11. The van der Waals surface area contributed by atoms with Gasteiger partial charge in [-0.05, 0) is 92.9 Å². The number of benzene rings is 1. The van der Waals surface area contributed by atoms with Gasteiger partial charge in [-0.3, -0.25) is 0 Å². The quantitative estimate of drug-likeness (QED) is 0.613. The summed E-state index contributed by atoms with van der Waals surface area (Å²) in [6.45, 7) is 7.98. The standard InChI is InChI=1S/C24H30O3/c1-16(2)24(27)15-19(8-7-18-9-11-21(25)12-10-18)14-22(26)23(24)20-6-4-5-17(3)13-20/h9-15,20,23,25-27H,1,4-8H2,2-3H3/t20?,23-,24?/m0/s1. The number of aryl methyl sites for hydroxylation is 1. The number of aromatic hydroxyl groups is 1. The van der Waals surface area contributed by atoms with E-state index in [9.17, 15) is 15.3 Å². The minimum Gasteiger partial charge on any atom is -0.512 e. The van der Waals surface area contributed by atoms with Gasteiger partial charge in [0.05, 0.1) is 11.7 Å². The molecule has 3 nitrogen and oxygen atoms in total. The lowest BCUT2D eigenvalue weighted by Gasteiger charge is -2.42. The first kappa shape index (κ1) is 19.5. The molecule has 0 heterocycles. The number of aliphatic hydroxyl groups excluding tert-OH is 1. The Morgan fingerprint density at radius 1 is 1.19 bits per heavy atom. The molecule has 3 heteroatoms. The van der Waals surface area contributed by atoms with E-state index in [1.807, 2.05) is 31.2 Å². The summed E-state index contributed by atoms with van der Waals surface area (Å²) in [5, 5.41) is 31.7. The van der Waals surface area contributed by atoms with Crippen molar-refractivity contribution in [3.05, 3.63) is 77.1 Å². The van der Waals surface area contributed by atoms with Gasteiger partial charge in [-0.25, -0.2) is 0 Å². The zero-order valence-electron chi connectivity index (χ0n) is 16.3. The molecule has 3 atom stereocenters. The van der Waals surface area contributed by atoms with Crippen LogP contribution in [-0.2, 0) is 6.42 Å². The zero-order chi connectivity index (χ0) is 19.6. The summed E-state index contributed by atoms with van der Waals surface area (Å²) in [5.74, 6) is 0.248. The molecule has 0 bridgehead atoms. The highest BCUT2D eigenvalue weighted by Gasteiger charge is 2.45. The molecule has 0 amide bonds. The molecule has 0 aliphatic heterocycles. The van der Waals surface area contributed by atoms with Crippen molar-refractivity contribution >= 4 is 0 Å². The van der Waals surface area contributed by atoms with E-state index in [4.69, 9.17) is 0 Å². The monoisotopic (exact) mass is 366 g/mol. The number of hydrogen-bond donors (Lipinski definition) is 3. The molecule has 27 heavy (non-hydrogen) atoms. The Bertz CT molecular complexity index is 797. The largest absolute Gasteiger partial charge is 0.512 e. The van der Waals surface area contributed by atoms with Crippen LogP contribution in [0.4, 0.5) is 0 Å². The average molecular weight is 367 g/mol. The summed E-state index contributed by atoms with van der Waals surface area (Å²) in [6.07, 6.45) is 10.5. The number of allylic oxidation sites excluding steroid dienone is 4. The van der Waals surface area contributed by atoms with Gasteiger partial charge in [0.1, 0.15) is 11.4 Å². The fraction of sp³-hybridized carbons (Fsp3) is 0.417. The van der Waals surface area contributed by atoms with Gasteiger partial charge in [0, 0.05) is 0 Å². The maximum atomic E-state index is 11.5. The summed E-state index contributed by atoms with van der Waals surface area (Å²) in [6, 6.07) is 7.14. The molecular weight excluding hydrogens is 336 g/mol. The van der Waals surface area contributed by atoms with Crippen LogP contribution in [0.5, 0.6) is 5.75 Å². The molecular formula is C24H30O3. The van der Waals surface area contributed by atoms with Gasteiger partial charge in [-0.1, -0.05) is 30.4 Å². The summed E-state index contributed by atoms with van der Waals surface area (Å²) in [7, 11) is 0. The van der Waals surface area contributed by atoms with E-state index >= 15 is 0 Å². The van der Waals surface area contributed by atoms with Crippen molar-refractivity contribution in [2.75, 3.05) is 0 Å². The van der Waals surface area contributed by atoms with Crippen molar-refractivity contribution in [3.63, 3.8) is 0 Å². The molecule has 0 radical (unpaired) electrons. The molecule has 0 saturated heterocycles. The van der Waals surface area contributed by atoms with Crippen molar-refractivity contribution in [1.29, 1.82) is 0 Å². The first-order chi connectivity index (χ1) is 12.8. The third kappa shape index (κ3) is 4.19. The minimum absolute atomic E-state index is 0.117. The molecule has 1 aromatic rings. The lowest BCUT2D eigenvalue weighted by atomic mass is 9.67. The molecule has 3 rings (SSSR count). The van der Waals surface area contributed by atoms with Crippen molar-refractivity contribution in [1.82, 2.24) is 0 Å². The number of rotatable bonds is 5. The highest BCUT2D eigenvalue weighted by Crippen LogP contribution is 2.45. The topological polar surface area (TPSA) is 60.7 Å². The van der Waals surface area contributed by atoms with E-state index in [0.717, 1.165) is 36.8 Å². The van der Waals surface area contributed by atoms with Crippen LogP contribution in [0.1, 0.15) is 45.1 Å². The second-order valence-electron chi connectivity index (χ2n) is 8.11. The molecule has 3 N–H and O–H groups in total. The van der Waals surface area contributed by atoms with E-state index in [-0.39, 0.29) is 23.3 Å². The van der Waals surface area contributed by atoms with Gasteiger partial charge in [0.25, 0.3) is 0 Å².